The van der Waals surface area contributed by atoms with Gasteiger partial charge in [0.05, 0.1) is 11.9 Å². The molecule has 0 amide bonds. The summed E-state index contributed by atoms with van der Waals surface area (Å²) in [7, 11) is 0. The van der Waals surface area contributed by atoms with Crippen LogP contribution in [0.5, 0.6) is 0 Å². The number of aryl methyl sites for hydroxylation is 1. The smallest absolute Gasteiger partial charge is 0.0646 e. The van der Waals surface area contributed by atoms with Crippen LogP contribution in [0.1, 0.15) is 18.1 Å². The molecule has 0 radical (unpaired) electrons. The fourth-order valence-corrected chi connectivity index (χ4v) is 1.48. The molecule has 0 saturated heterocycles. The molecule has 0 saturated carbocycles. The van der Waals surface area contributed by atoms with Gasteiger partial charge in [0, 0.05) is 6.20 Å². The predicted octanol–water partition coefficient (Wildman–Crippen LogP) is 3.21. The summed E-state index contributed by atoms with van der Waals surface area (Å²) in [4.78, 5) is 0. The van der Waals surface area contributed by atoms with Crippen LogP contribution in [0.25, 0.3) is 11.8 Å². The molecule has 2 nitrogen and oxygen atoms in total. The van der Waals surface area contributed by atoms with Crippen LogP contribution >= 0.6 is 0 Å². The number of allylic oxidation sites excluding steroid dienone is 1. The molecule has 2 rings (SSSR count). The van der Waals surface area contributed by atoms with Crippen molar-refractivity contribution in [3.63, 3.8) is 0 Å². The van der Waals surface area contributed by atoms with E-state index in [4.69, 9.17) is 0 Å². The van der Waals surface area contributed by atoms with Gasteiger partial charge in [-0.1, -0.05) is 24.3 Å². The first kappa shape index (κ1) is 9.71. The molecule has 2 heteroatoms. The molecule has 0 aliphatic heterocycles. The quantitative estimate of drug-likeness (QED) is 0.724. The molecule has 0 spiro atoms. The highest BCUT2D eigenvalue weighted by Gasteiger charge is 1.96. The van der Waals surface area contributed by atoms with Crippen molar-refractivity contribution >= 4 is 6.08 Å². The molecule has 0 fully saturated rings. The standard InChI is InChI=1S/C13H14N2/c1-3-4-12-5-7-13(8-6-12)15-10-11(2)9-14-15/h3-10H,1-2H3/b4-3+. The van der Waals surface area contributed by atoms with Gasteiger partial charge in [-0.3, -0.25) is 0 Å². The van der Waals surface area contributed by atoms with Crippen molar-refractivity contribution in [1.82, 2.24) is 9.78 Å². The van der Waals surface area contributed by atoms with Gasteiger partial charge in [-0.05, 0) is 37.1 Å². The van der Waals surface area contributed by atoms with Crippen molar-refractivity contribution in [3.8, 4) is 5.69 Å². The Kier molecular flexibility index (Phi) is 2.68. The van der Waals surface area contributed by atoms with Gasteiger partial charge in [-0.2, -0.15) is 5.10 Å². The summed E-state index contributed by atoms with van der Waals surface area (Å²) in [5.74, 6) is 0. The van der Waals surface area contributed by atoms with E-state index in [9.17, 15) is 0 Å². The highest BCUT2D eigenvalue weighted by atomic mass is 15.3. The summed E-state index contributed by atoms with van der Waals surface area (Å²) in [5, 5.41) is 4.26. The van der Waals surface area contributed by atoms with Crippen LogP contribution in [0.15, 0.2) is 42.7 Å². The molecule has 0 atom stereocenters. The number of aromatic nitrogens is 2. The molecule has 0 unspecified atom stereocenters. The molecule has 0 bridgehead atoms. The molecule has 0 aliphatic rings. The maximum absolute atomic E-state index is 4.26. The van der Waals surface area contributed by atoms with Gasteiger partial charge in [-0.25, -0.2) is 4.68 Å². The summed E-state index contributed by atoms with van der Waals surface area (Å²) < 4.78 is 1.88. The van der Waals surface area contributed by atoms with E-state index in [0.717, 1.165) is 5.69 Å². The zero-order valence-electron chi connectivity index (χ0n) is 9.01. The Morgan fingerprint density at radius 1 is 1.20 bits per heavy atom. The van der Waals surface area contributed by atoms with Crippen LogP contribution in [0.2, 0.25) is 0 Å². The molecule has 1 heterocycles. The van der Waals surface area contributed by atoms with E-state index in [2.05, 4.69) is 35.4 Å². The highest BCUT2D eigenvalue weighted by Crippen LogP contribution is 2.10. The number of hydrogen-bond donors (Lipinski definition) is 0. The Balaban J connectivity index is 2.31. The van der Waals surface area contributed by atoms with Gasteiger partial charge >= 0.3 is 0 Å². The van der Waals surface area contributed by atoms with E-state index in [1.54, 1.807) is 0 Å². The zero-order chi connectivity index (χ0) is 10.7. The van der Waals surface area contributed by atoms with Gasteiger partial charge in [0.25, 0.3) is 0 Å². The first-order valence-corrected chi connectivity index (χ1v) is 5.04. The lowest BCUT2D eigenvalue weighted by molar-refractivity contribution is 0.880. The van der Waals surface area contributed by atoms with Crippen molar-refractivity contribution in [2.45, 2.75) is 13.8 Å². The number of nitrogens with zero attached hydrogens (tertiary/aromatic N) is 2. The van der Waals surface area contributed by atoms with Crippen molar-refractivity contribution in [3.05, 3.63) is 53.9 Å². The minimum absolute atomic E-state index is 1.09. The third-order valence-corrected chi connectivity index (χ3v) is 2.23. The van der Waals surface area contributed by atoms with Crippen molar-refractivity contribution in [1.29, 1.82) is 0 Å². The first-order valence-electron chi connectivity index (χ1n) is 5.04. The highest BCUT2D eigenvalue weighted by molar-refractivity contribution is 5.51. The van der Waals surface area contributed by atoms with E-state index >= 15 is 0 Å². The molecule has 0 aliphatic carbocycles. The normalized spacial score (nSPS) is 11.1. The van der Waals surface area contributed by atoms with E-state index in [1.807, 2.05) is 37.0 Å². The number of benzene rings is 1. The zero-order valence-corrected chi connectivity index (χ0v) is 9.01. The maximum Gasteiger partial charge on any atom is 0.0646 e. The summed E-state index contributed by atoms with van der Waals surface area (Å²) in [6, 6.07) is 8.32. The first-order chi connectivity index (χ1) is 7.29. The van der Waals surface area contributed by atoms with Crippen molar-refractivity contribution < 1.29 is 0 Å². The lowest BCUT2D eigenvalue weighted by Crippen LogP contribution is -1.93. The van der Waals surface area contributed by atoms with Gasteiger partial charge in [-0.15, -0.1) is 0 Å². The third kappa shape index (κ3) is 2.15. The third-order valence-electron chi connectivity index (χ3n) is 2.23. The molecule has 1 aromatic heterocycles. The Hall–Kier alpha value is -1.83. The van der Waals surface area contributed by atoms with Crippen molar-refractivity contribution in [2.75, 3.05) is 0 Å². The lowest BCUT2D eigenvalue weighted by atomic mass is 10.2. The fourth-order valence-electron chi connectivity index (χ4n) is 1.48. The average Bonchev–Trinajstić information content (AvgIpc) is 2.67. The second kappa shape index (κ2) is 4.13. The minimum Gasteiger partial charge on any atom is -0.241 e. The molecule has 76 valence electrons. The Morgan fingerprint density at radius 2 is 1.93 bits per heavy atom. The Morgan fingerprint density at radius 3 is 2.47 bits per heavy atom. The molecule has 15 heavy (non-hydrogen) atoms. The van der Waals surface area contributed by atoms with Gasteiger partial charge in [0.2, 0.25) is 0 Å². The molecular formula is C13H14N2. The van der Waals surface area contributed by atoms with Crippen LogP contribution in [0.4, 0.5) is 0 Å². The van der Waals surface area contributed by atoms with E-state index in [-0.39, 0.29) is 0 Å². The number of hydrogen-bond acceptors (Lipinski definition) is 1. The second-order valence-corrected chi connectivity index (χ2v) is 3.55. The average molecular weight is 198 g/mol. The Bertz CT molecular complexity index is 464. The van der Waals surface area contributed by atoms with Crippen LogP contribution in [0.3, 0.4) is 0 Å². The largest absolute Gasteiger partial charge is 0.241 e. The summed E-state index contributed by atoms with van der Waals surface area (Å²) >= 11 is 0. The minimum atomic E-state index is 1.09. The fraction of sp³-hybridized carbons (Fsp3) is 0.154. The lowest BCUT2D eigenvalue weighted by Gasteiger charge is -2.01. The number of rotatable bonds is 2. The molecule has 1 aromatic carbocycles. The molecule has 2 aromatic rings. The van der Waals surface area contributed by atoms with E-state index < -0.39 is 0 Å². The SMILES string of the molecule is C/C=C/c1ccc(-n2cc(C)cn2)cc1. The summed E-state index contributed by atoms with van der Waals surface area (Å²) in [6.07, 6.45) is 8.00. The second-order valence-electron chi connectivity index (χ2n) is 3.55. The van der Waals surface area contributed by atoms with Gasteiger partial charge in [0.15, 0.2) is 0 Å². The summed E-state index contributed by atoms with van der Waals surface area (Å²) in [5.41, 5.74) is 3.48. The van der Waals surface area contributed by atoms with E-state index in [0.29, 0.717) is 0 Å². The van der Waals surface area contributed by atoms with Crippen LogP contribution < -0.4 is 0 Å². The Labute approximate surface area is 89.9 Å². The van der Waals surface area contributed by atoms with Gasteiger partial charge < -0.3 is 0 Å². The molecular weight excluding hydrogens is 184 g/mol. The topological polar surface area (TPSA) is 17.8 Å². The van der Waals surface area contributed by atoms with Crippen LogP contribution in [-0.2, 0) is 0 Å². The van der Waals surface area contributed by atoms with Crippen molar-refractivity contribution in [2.24, 2.45) is 0 Å². The monoisotopic (exact) mass is 198 g/mol. The van der Waals surface area contributed by atoms with Gasteiger partial charge in [0.1, 0.15) is 0 Å². The predicted molar refractivity (Wildman–Crippen MR) is 63.0 cm³/mol. The molecule has 0 N–H and O–H groups in total. The maximum atomic E-state index is 4.26. The summed E-state index contributed by atoms with van der Waals surface area (Å²) in [6.45, 7) is 4.06. The van der Waals surface area contributed by atoms with E-state index in [1.165, 1.54) is 11.1 Å². The van der Waals surface area contributed by atoms with Crippen LogP contribution in [0, 0.1) is 6.92 Å². The van der Waals surface area contributed by atoms with Crippen LogP contribution in [-0.4, -0.2) is 9.78 Å².